The quantitative estimate of drug-likeness (QED) is 0.712. The summed E-state index contributed by atoms with van der Waals surface area (Å²) in [5.41, 5.74) is 1.15. The molecule has 0 saturated heterocycles. The van der Waals surface area contributed by atoms with E-state index >= 15 is 0 Å². The zero-order valence-corrected chi connectivity index (χ0v) is 14.6. The van der Waals surface area contributed by atoms with Gasteiger partial charge in [0.2, 0.25) is 11.8 Å². The number of aryl methyl sites for hydroxylation is 1. The number of unbranched alkanes of at least 4 members (excludes halogenated alkanes) is 3. The van der Waals surface area contributed by atoms with Crippen LogP contribution in [0, 0.1) is 6.92 Å². The second-order valence-electron chi connectivity index (χ2n) is 5.50. The lowest BCUT2D eigenvalue weighted by Gasteiger charge is -2.10. The standard InChI is InChI=1S/C16H24N2O4S/c1-4-5-6-7-8-16(20)18-23(21,22)14-9-10-15(12(2)11-14)17-13(3)19/h9-11H,4-8H2,1-3H3,(H,17,19)(H,18,20). The molecule has 0 aliphatic rings. The number of hydrogen-bond acceptors (Lipinski definition) is 4. The Kier molecular flexibility index (Phi) is 7.22. The largest absolute Gasteiger partial charge is 0.326 e. The summed E-state index contributed by atoms with van der Waals surface area (Å²) in [5, 5.41) is 2.61. The van der Waals surface area contributed by atoms with E-state index in [9.17, 15) is 18.0 Å². The van der Waals surface area contributed by atoms with Crippen molar-refractivity contribution >= 4 is 27.5 Å². The number of rotatable bonds is 8. The topological polar surface area (TPSA) is 92.3 Å². The van der Waals surface area contributed by atoms with Gasteiger partial charge in [0.05, 0.1) is 4.90 Å². The molecule has 2 amide bonds. The summed E-state index contributed by atoms with van der Waals surface area (Å²) in [6, 6.07) is 4.31. The summed E-state index contributed by atoms with van der Waals surface area (Å²) >= 11 is 0. The number of carbonyl (C=O) groups is 2. The number of amides is 2. The van der Waals surface area contributed by atoms with Crippen molar-refractivity contribution in [1.82, 2.24) is 4.72 Å². The fourth-order valence-electron chi connectivity index (χ4n) is 2.11. The van der Waals surface area contributed by atoms with Gasteiger partial charge in [-0.3, -0.25) is 9.59 Å². The SMILES string of the molecule is CCCCCCC(=O)NS(=O)(=O)c1ccc(NC(C)=O)c(C)c1. The number of nitrogens with one attached hydrogen (secondary N) is 2. The first-order valence-electron chi connectivity index (χ1n) is 7.70. The molecule has 1 aromatic carbocycles. The molecule has 2 N–H and O–H groups in total. The maximum Gasteiger partial charge on any atom is 0.264 e. The van der Waals surface area contributed by atoms with Crippen LogP contribution in [0.1, 0.15) is 51.5 Å². The highest BCUT2D eigenvalue weighted by Gasteiger charge is 2.18. The molecule has 6 nitrogen and oxygen atoms in total. The van der Waals surface area contributed by atoms with E-state index in [0.29, 0.717) is 17.7 Å². The molecule has 0 heterocycles. The van der Waals surface area contributed by atoms with Crippen LogP contribution in [-0.2, 0) is 19.6 Å². The van der Waals surface area contributed by atoms with Gasteiger partial charge in [0.1, 0.15) is 0 Å². The summed E-state index contributed by atoms with van der Waals surface area (Å²) in [6.07, 6.45) is 3.87. The zero-order valence-electron chi connectivity index (χ0n) is 13.8. The minimum absolute atomic E-state index is 0.00557. The molecule has 0 bridgehead atoms. The summed E-state index contributed by atoms with van der Waals surface area (Å²) in [6.45, 7) is 5.14. The van der Waals surface area contributed by atoms with Gasteiger partial charge >= 0.3 is 0 Å². The van der Waals surface area contributed by atoms with Gasteiger partial charge < -0.3 is 5.32 Å². The number of hydrogen-bond donors (Lipinski definition) is 2. The molecular formula is C16H24N2O4S. The average Bonchev–Trinajstić information content (AvgIpc) is 2.44. The van der Waals surface area contributed by atoms with Crippen molar-refractivity contribution in [3.63, 3.8) is 0 Å². The first-order valence-corrected chi connectivity index (χ1v) is 9.18. The normalized spacial score (nSPS) is 11.1. The molecule has 0 aliphatic heterocycles. The van der Waals surface area contributed by atoms with Crippen molar-refractivity contribution in [1.29, 1.82) is 0 Å². The van der Waals surface area contributed by atoms with Gasteiger partial charge in [-0.05, 0) is 37.1 Å². The third kappa shape index (κ3) is 6.40. The van der Waals surface area contributed by atoms with E-state index in [2.05, 4.69) is 17.0 Å². The first kappa shape index (κ1) is 19.2. The molecule has 23 heavy (non-hydrogen) atoms. The molecule has 128 valence electrons. The zero-order chi connectivity index (χ0) is 17.5. The van der Waals surface area contributed by atoms with Gasteiger partial charge in [0.15, 0.2) is 0 Å². The Morgan fingerprint density at radius 3 is 2.39 bits per heavy atom. The molecule has 0 saturated carbocycles. The minimum atomic E-state index is -3.88. The predicted molar refractivity (Wildman–Crippen MR) is 89.6 cm³/mol. The molecule has 7 heteroatoms. The van der Waals surface area contributed by atoms with Crippen LogP contribution in [0.25, 0.3) is 0 Å². The summed E-state index contributed by atoms with van der Waals surface area (Å²) in [7, 11) is -3.88. The van der Waals surface area contributed by atoms with Crippen LogP contribution in [0.4, 0.5) is 5.69 Å². The Hall–Kier alpha value is -1.89. The number of sulfonamides is 1. The lowest BCUT2D eigenvalue weighted by atomic mass is 10.1. The van der Waals surface area contributed by atoms with Crippen molar-refractivity contribution in [3.05, 3.63) is 23.8 Å². The second kappa shape index (κ2) is 8.67. The van der Waals surface area contributed by atoms with E-state index in [4.69, 9.17) is 0 Å². The monoisotopic (exact) mass is 340 g/mol. The lowest BCUT2D eigenvalue weighted by Crippen LogP contribution is -2.30. The number of anilines is 1. The molecule has 0 atom stereocenters. The van der Waals surface area contributed by atoms with Gasteiger partial charge in [0.25, 0.3) is 10.0 Å². The molecule has 0 fully saturated rings. The molecule has 1 rings (SSSR count). The van der Waals surface area contributed by atoms with Gasteiger partial charge in [-0.1, -0.05) is 26.2 Å². The van der Waals surface area contributed by atoms with Crippen LogP contribution in [0.3, 0.4) is 0 Å². The lowest BCUT2D eigenvalue weighted by molar-refractivity contribution is -0.119. The summed E-state index contributed by atoms with van der Waals surface area (Å²) < 4.78 is 26.5. The summed E-state index contributed by atoms with van der Waals surface area (Å²) in [5.74, 6) is -0.728. The van der Waals surface area contributed by atoms with Crippen molar-refractivity contribution in [2.24, 2.45) is 0 Å². The predicted octanol–water partition coefficient (Wildman–Crippen LogP) is 2.73. The average molecular weight is 340 g/mol. The van der Waals surface area contributed by atoms with Crippen LogP contribution < -0.4 is 10.0 Å². The summed E-state index contributed by atoms with van der Waals surface area (Å²) in [4.78, 5) is 22.8. The minimum Gasteiger partial charge on any atom is -0.326 e. The van der Waals surface area contributed by atoms with Crippen molar-refractivity contribution < 1.29 is 18.0 Å². The molecule has 0 aliphatic carbocycles. The first-order chi connectivity index (χ1) is 10.8. The molecule has 0 radical (unpaired) electrons. The van der Waals surface area contributed by atoms with Gasteiger partial charge in [0, 0.05) is 19.0 Å². The number of carbonyl (C=O) groups excluding carboxylic acids is 2. The highest BCUT2D eigenvalue weighted by atomic mass is 32.2. The Bertz CT molecular complexity index is 669. The maximum atomic E-state index is 12.2. The van der Waals surface area contributed by atoms with E-state index in [0.717, 1.165) is 19.3 Å². The van der Waals surface area contributed by atoms with E-state index < -0.39 is 15.9 Å². The van der Waals surface area contributed by atoms with Crippen molar-refractivity contribution in [2.45, 2.75) is 57.8 Å². The third-order valence-corrected chi connectivity index (χ3v) is 4.70. The maximum absolute atomic E-state index is 12.2. The van der Waals surface area contributed by atoms with E-state index in [1.807, 2.05) is 0 Å². The van der Waals surface area contributed by atoms with E-state index in [-0.39, 0.29) is 17.2 Å². The smallest absolute Gasteiger partial charge is 0.264 e. The van der Waals surface area contributed by atoms with Crippen LogP contribution in [-0.4, -0.2) is 20.2 Å². The van der Waals surface area contributed by atoms with E-state index in [1.54, 1.807) is 6.92 Å². The van der Waals surface area contributed by atoms with Gasteiger partial charge in [-0.15, -0.1) is 0 Å². The molecule has 0 unspecified atom stereocenters. The molecule has 0 aromatic heterocycles. The Labute approximate surface area is 137 Å². The number of benzene rings is 1. The van der Waals surface area contributed by atoms with Crippen molar-refractivity contribution in [2.75, 3.05) is 5.32 Å². The van der Waals surface area contributed by atoms with Gasteiger partial charge in [-0.2, -0.15) is 0 Å². The van der Waals surface area contributed by atoms with E-state index in [1.165, 1.54) is 25.1 Å². The Morgan fingerprint density at radius 1 is 1.13 bits per heavy atom. The fourth-order valence-corrected chi connectivity index (χ4v) is 3.20. The second-order valence-corrected chi connectivity index (χ2v) is 7.18. The van der Waals surface area contributed by atoms with Crippen LogP contribution in [0.2, 0.25) is 0 Å². The van der Waals surface area contributed by atoms with Gasteiger partial charge in [-0.25, -0.2) is 13.1 Å². The third-order valence-electron chi connectivity index (χ3n) is 3.32. The van der Waals surface area contributed by atoms with Crippen LogP contribution in [0.5, 0.6) is 0 Å². The highest BCUT2D eigenvalue weighted by molar-refractivity contribution is 7.90. The highest BCUT2D eigenvalue weighted by Crippen LogP contribution is 2.19. The van der Waals surface area contributed by atoms with Crippen LogP contribution in [0.15, 0.2) is 23.1 Å². The molecule has 1 aromatic rings. The Morgan fingerprint density at radius 2 is 1.83 bits per heavy atom. The molecular weight excluding hydrogens is 316 g/mol. The van der Waals surface area contributed by atoms with Crippen molar-refractivity contribution in [3.8, 4) is 0 Å². The van der Waals surface area contributed by atoms with Crippen LogP contribution >= 0.6 is 0 Å². The fraction of sp³-hybridized carbons (Fsp3) is 0.500. The molecule has 0 spiro atoms. The Balaban J connectivity index is 2.74.